The number of anilines is 1. The van der Waals surface area contributed by atoms with Gasteiger partial charge in [-0.05, 0) is 43.0 Å². The molecule has 1 aliphatic rings. The Labute approximate surface area is 119 Å². The van der Waals surface area contributed by atoms with Crippen molar-refractivity contribution in [3.05, 3.63) is 29.3 Å². The fourth-order valence-corrected chi connectivity index (χ4v) is 3.06. The van der Waals surface area contributed by atoms with Crippen LogP contribution >= 0.6 is 11.6 Å². The first-order chi connectivity index (χ1) is 9.08. The van der Waals surface area contributed by atoms with Crippen LogP contribution in [-0.4, -0.2) is 23.7 Å². The van der Waals surface area contributed by atoms with Crippen LogP contribution in [0.2, 0.25) is 5.02 Å². The van der Waals surface area contributed by atoms with E-state index in [0.717, 1.165) is 12.1 Å². The van der Waals surface area contributed by atoms with Crippen molar-refractivity contribution in [2.45, 2.75) is 38.6 Å². The lowest BCUT2D eigenvalue weighted by Crippen LogP contribution is -2.44. The maximum absolute atomic E-state index is 11.1. The molecule has 3 nitrogen and oxygen atoms in total. The third-order valence-electron chi connectivity index (χ3n) is 3.93. The minimum absolute atomic E-state index is 0.0522. The van der Waals surface area contributed by atoms with E-state index in [-0.39, 0.29) is 6.54 Å². The molecule has 1 aromatic carbocycles. The van der Waals surface area contributed by atoms with Gasteiger partial charge in [-0.1, -0.05) is 31.4 Å². The minimum Gasteiger partial charge on any atom is -0.480 e. The molecule has 0 radical (unpaired) electrons. The number of rotatable bonds is 4. The molecule has 1 fully saturated rings. The number of hydrogen-bond donors (Lipinski definition) is 1. The summed E-state index contributed by atoms with van der Waals surface area (Å²) in [6.45, 7) is 2.27. The Hall–Kier alpha value is -1.22. The molecular formula is C15H20ClNO2. The first kappa shape index (κ1) is 14.2. The van der Waals surface area contributed by atoms with Crippen LogP contribution in [0.3, 0.4) is 0 Å². The van der Waals surface area contributed by atoms with Gasteiger partial charge in [-0.3, -0.25) is 4.79 Å². The Morgan fingerprint density at radius 2 is 1.95 bits per heavy atom. The largest absolute Gasteiger partial charge is 0.480 e. The highest BCUT2D eigenvalue weighted by molar-refractivity contribution is 6.30. The maximum atomic E-state index is 11.1. The molecule has 1 N–H and O–H groups in total. The van der Waals surface area contributed by atoms with Crippen LogP contribution in [0.15, 0.2) is 24.3 Å². The molecule has 1 aliphatic carbocycles. The maximum Gasteiger partial charge on any atom is 0.323 e. The van der Waals surface area contributed by atoms with Crippen LogP contribution in [0.4, 0.5) is 5.69 Å². The van der Waals surface area contributed by atoms with Crippen molar-refractivity contribution < 1.29 is 9.90 Å². The van der Waals surface area contributed by atoms with E-state index in [1.807, 2.05) is 29.2 Å². The first-order valence-electron chi connectivity index (χ1n) is 6.82. The molecule has 2 rings (SSSR count). The van der Waals surface area contributed by atoms with Gasteiger partial charge in [0.05, 0.1) is 0 Å². The number of aliphatic carboxylic acids is 1. The average Bonchev–Trinajstić information content (AvgIpc) is 2.38. The second kappa shape index (κ2) is 6.29. The van der Waals surface area contributed by atoms with Crippen LogP contribution in [-0.2, 0) is 4.79 Å². The number of benzene rings is 1. The SMILES string of the molecule is CC1CCCCC1N(CC(=O)O)c1ccc(Cl)cc1. The van der Waals surface area contributed by atoms with Gasteiger partial charge < -0.3 is 10.0 Å². The summed E-state index contributed by atoms with van der Waals surface area (Å²) in [5, 5.41) is 9.83. The van der Waals surface area contributed by atoms with Gasteiger partial charge in [0.15, 0.2) is 0 Å². The van der Waals surface area contributed by atoms with Gasteiger partial charge >= 0.3 is 5.97 Å². The zero-order valence-corrected chi connectivity index (χ0v) is 11.9. The third-order valence-corrected chi connectivity index (χ3v) is 4.18. The Balaban J connectivity index is 2.24. The number of carboxylic acids is 1. The predicted octanol–water partition coefficient (Wildman–Crippen LogP) is 3.81. The summed E-state index contributed by atoms with van der Waals surface area (Å²) in [5.41, 5.74) is 0.950. The molecule has 0 spiro atoms. The van der Waals surface area contributed by atoms with Crippen molar-refractivity contribution in [1.29, 1.82) is 0 Å². The molecule has 0 saturated heterocycles. The van der Waals surface area contributed by atoms with E-state index in [1.165, 1.54) is 19.3 Å². The number of halogens is 1. The highest BCUT2D eigenvalue weighted by atomic mass is 35.5. The van der Waals surface area contributed by atoms with E-state index in [2.05, 4.69) is 6.92 Å². The molecule has 0 heterocycles. The molecule has 2 unspecified atom stereocenters. The summed E-state index contributed by atoms with van der Waals surface area (Å²) in [7, 11) is 0. The van der Waals surface area contributed by atoms with Crippen molar-refractivity contribution in [2.24, 2.45) is 5.92 Å². The fourth-order valence-electron chi connectivity index (χ4n) is 2.94. The second-order valence-electron chi connectivity index (χ2n) is 5.33. The first-order valence-corrected chi connectivity index (χ1v) is 7.19. The van der Waals surface area contributed by atoms with Gasteiger partial charge in [-0.25, -0.2) is 0 Å². The van der Waals surface area contributed by atoms with E-state index < -0.39 is 5.97 Å². The molecular weight excluding hydrogens is 262 g/mol. The zero-order chi connectivity index (χ0) is 13.8. The van der Waals surface area contributed by atoms with E-state index >= 15 is 0 Å². The van der Waals surface area contributed by atoms with Crippen LogP contribution in [0.1, 0.15) is 32.6 Å². The zero-order valence-electron chi connectivity index (χ0n) is 11.2. The van der Waals surface area contributed by atoms with Crippen molar-refractivity contribution >= 4 is 23.3 Å². The summed E-state index contributed by atoms with van der Waals surface area (Å²) in [4.78, 5) is 13.1. The minimum atomic E-state index is -0.785. The van der Waals surface area contributed by atoms with Crippen LogP contribution in [0.25, 0.3) is 0 Å². The van der Waals surface area contributed by atoms with E-state index in [4.69, 9.17) is 16.7 Å². The van der Waals surface area contributed by atoms with E-state index in [0.29, 0.717) is 17.0 Å². The molecule has 0 amide bonds. The normalized spacial score (nSPS) is 23.1. The number of carboxylic acid groups (broad SMARTS) is 1. The van der Waals surface area contributed by atoms with Gasteiger partial charge in [-0.15, -0.1) is 0 Å². The smallest absolute Gasteiger partial charge is 0.323 e. The third kappa shape index (κ3) is 3.63. The predicted molar refractivity (Wildman–Crippen MR) is 77.9 cm³/mol. The molecule has 1 saturated carbocycles. The van der Waals surface area contributed by atoms with Crippen LogP contribution in [0.5, 0.6) is 0 Å². The Bertz CT molecular complexity index is 432. The average molecular weight is 282 g/mol. The quantitative estimate of drug-likeness (QED) is 0.912. The van der Waals surface area contributed by atoms with Crippen molar-refractivity contribution in [2.75, 3.05) is 11.4 Å². The van der Waals surface area contributed by atoms with Crippen molar-refractivity contribution in [3.63, 3.8) is 0 Å². The Morgan fingerprint density at radius 1 is 1.32 bits per heavy atom. The highest BCUT2D eigenvalue weighted by Gasteiger charge is 2.28. The second-order valence-corrected chi connectivity index (χ2v) is 5.76. The number of hydrogen-bond acceptors (Lipinski definition) is 2. The standard InChI is InChI=1S/C15H20ClNO2/c1-11-4-2-3-5-14(11)17(10-15(18)19)13-8-6-12(16)7-9-13/h6-9,11,14H,2-5,10H2,1H3,(H,18,19). The van der Waals surface area contributed by atoms with Crippen LogP contribution in [0, 0.1) is 5.92 Å². The summed E-state index contributed by atoms with van der Waals surface area (Å²) in [5.74, 6) is -0.253. The Kier molecular flexibility index (Phi) is 4.70. The summed E-state index contributed by atoms with van der Waals surface area (Å²) < 4.78 is 0. The molecule has 1 aromatic rings. The fraction of sp³-hybridized carbons (Fsp3) is 0.533. The van der Waals surface area contributed by atoms with Gasteiger partial charge in [0.25, 0.3) is 0 Å². The van der Waals surface area contributed by atoms with Crippen LogP contribution < -0.4 is 4.90 Å². The molecule has 19 heavy (non-hydrogen) atoms. The molecule has 2 atom stereocenters. The lowest BCUT2D eigenvalue weighted by Gasteiger charge is -2.39. The summed E-state index contributed by atoms with van der Waals surface area (Å²) in [6.07, 6.45) is 4.67. The molecule has 0 aliphatic heterocycles. The van der Waals surface area contributed by atoms with Gasteiger partial charge in [-0.2, -0.15) is 0 Å². The topological polar surface area (TPSA) is 40.5 Å². The monoisotopic (exact) mass is 281 g/mol. The number of carbonyl (C=O) groups is 1. The summed E-state index contributed by atoms with van der Waals surface area (Å²) in [6, 6.07) is 7.77. The molecule has 0 aromatic heterocycles. The molecule has 104 valence electrons. The van der Waals surface area contributed by atoms with Crippen molar-refractivity contribution in [1.82, 2.24) is 0 Å². The van der Waals surface area contributed by atoms with Crippen molar-refractivity contribution in [3.8, 4) is 0 Å². The van der Waals surface area contributed by atoms with Gasteiger partial charge in [0.1, 0.15) is 6.54 Å². The lowest BCUT2D eigenvalue weighted by atomic mass is 9.84. The van der Waals surface area contributed by atoms with E-state index in [1.54, 1.807) is 0 Å². The lowest BCUT2D eigenvalue weighted by molar-refractivity contribution is -0.135. The summed E-state index contributed by atoms with van der Waals surface area (Å²) >= 11 is 5.90. The Morgan fingerprint density at radius 3 is 2.53 bits per heavy atom. The molecule has 4 heteroatoms. The highest BCUT2D eigenvalue weighted by Crippen LogP contribution is 2.31. The number of nitrogens with zero attached hydrogens (tertiary/aromatic N) is 1. The van der Waals surface area contributed by atoms with E-state index in [9.17, 15) is 4.79 Å². The molecule has 0 bridgehead atoms. The van der Waals surface area contributed by atoms with Gasteiger partial charge in [0.2, 0.25) is 0 Å². The van der Waals surface area contributed by atoms with Gasteiger partial charge in [0, 0.05) is 16.8 Å².